The van der Waals surface area contributed by atoms with Gasteiger partial charge in [-0.1, -0.05) is 6.07 Å². The van der Waals surface area contributed by atoms with Crippen molar-refractivity contribution in [3.8, 4) is 0 Å². The molecule has 1 heterocycles. The number of aliphatic carboxylic acids is 1. The SMILES string of the molecule is O=C(O)C(O)c1nc2cccc(I)c2o1. The van der Waals surface area contributed by atoms with E-state index in [2.05, 4.69) is 4.98 Å². The van der Waals surface area contributed by atoms with E-state index < -0.39 is 12.1 Å². The number of oxazole rings is 1. The van der Waals surface area contributed by atoms with Crippen molar-refractivity contribution in [2.75, 3.05) is 0 Å². The molecule has 0 radical (unpaired) electrons. The van der Waals surface area contributed by atoms with Gasteiger partial charge in [-0.05, 0) is 34.7 Å². The number of para-hydroxylation sites is 1. The van der Waals surface area contributed by atoms with E-state index >= 15 is 0 Å². The highest BCUT2D eigenvalue weighted by Crippen LogP contribution is 2.24. The highest BCUT2D eigenvalue weighted by molar-refractivity contribution is 14.1. The average Bonchev–Trinajstić information content (AvgIpc) is 2.61. The van der Waals surface area contributed by atoms with E-state index in [0.717, 1.165) is 3.57 Å². The van der Waals surface area contributed by atoms with Gasteiger partial charge in [-0.3, -0.25) is 0 Å². The van der Waals surface area contributed by atoms with Crippen molar-refractivity contribution in [3.63, 3.8) is 0 Å². The fourth-order valence-corrected chi connectivity index (χ4v) is 1.75. The standard InChI is InChI=1S/C9H6INO4/c10-4-2-1-3-5-7(4)15-8(11-5)6(12)9(13)14/h1-3,6,12H,(H,13,14). The lowest BCUT2D eigenvalue weighted by Crippen LogP contribution is -2.10. The smallest absolute Gasteiger partial charge is 0.342 e. The highest BCUT2D eigenvalue weighted by atomic mass is 127. The summed E-state index contributed by atoms with van der Waals surface area (Å²) in [4.78, 5) is 14.4. The maximum atomic E-state index is 10.5. The van der Waals surface area contributed by atoms with Crippen molar-refractivity contribution in [3.05, 3.63) is 27.7 Å². The molecule has 0 aliphatic rings. The Morgan fingerprint density at radius 3 is 2.87 bits per heavy atom. The molecular weight excluding hydrogens is 313 g/mol. The van der Waals surface area contributed by atoms with E-state index in [9.17, 15) is 9.90 Å². The van der Waals surface area contributed by atoms with Crippen molar-refractivity contribution < 1.29 is 19.4 Å². The number of aliphatic hydroxyl groups excluding tert-OH is 1. The molecule has 78 valence electrons. The number of nitrogens with zero attached hydrogens (tertiary/aromatic N) is 1. The molecule has 0 aliphatic carbocycles. The first-order chi connectivity index (χ1) is 7.09. The fourth-order valence-electron chi connectivity index (χ4n) is 1.16. The summed E-state index contributed by atoms with van der Waals surface area (Å²) < 4.78 is 5.99. The molecule has 1 aromatic heterocycles. The first-order valence-corrected chi connectivity index (χ1v) is 5.13. The van der Waals surface area contributed by atoms with E-state index in [1.165, 1.54) is 0 Å². The molecule has 0 bridgehead atoms. The van der Waals surface area contributed by atoms with Crippen LogP contribution in [-0.2, 0) is 4.79 Å². The van der Waals surface area contributed by atoms with Crippen molar-refractivity contribution in [2.24, 2.45) is 0 Å². The normalized spacial score (nSPS) is 12.9. The molecule has 1 aromatic carbocycles. The van der Waals surface area contributed by atoms with Crippen LogP contribution in [0.15, 0.2) is 22.6 Å². The largest absolute Gasteiger partial charge is 0.479 e. The van der Waals surface area contributed by atoms with Crippen LogP contribution in [0.5, 0.6) is 0 Å². The molecule has 0 fully saturated rings. The number of carboxylic acid groups (broad SMARTS) is 1. The molecule has 1 atom stereocenters. The highest BCUT2D eigenvalue weighted by Gasteiger charge is 2.22. The molecule has 6 heteroatoms. The number of carbonyl (C=O) groups is 1. The number of halogens is 1. The third-order valence-electron chi connectivity index (χ3n) is 1.85. The fraction of sp³-hybridized carbons (Fsp3) is 0.111. The van der Waals surface area contributed by atoms with Crippen molar-refractivity contribution >= 4 is 39.7 Å². The Morgan fingerprint density at radius 1 is 1.53 bits per heavy atom. The second-order valence-electron chi connectivity index (χ2n) is 2.88. The van der Waals surface area contributed by atoms with Crippen LogP contribution in [0.3, 0.4) is 0 Å². The minimum absolute atomic E-state index is 0.193. The van der Waals surface area contributed by atoms with E-state index in [4.69, 9.17) is 9.52 Å². The number of aromatic nitrogens is 1. The number of benzene rings is 1. The number of hydrogen-bond donors (Lipinski definition) is 2. The van der Waals surface area contributed by atoms with Gasteiger partial charge in [0.05, 0.1) is 3.57 Å². The first-order valence-electron chi connectivity index (χ1n) is 4.05. The monoisotopic (exact) mass is 319 g/mol. The maximum absolute atomic E-state index is 10.5. The molecule has 2 rings (SSSR count). The summed E-state index contributed by atoms with van der Waals surface area (Å²) in [5.74, 6) is -1.57. The Morgan fingerprint density at radius 2 is 2.27 bits per heavy atom. The van der Waals surface area contributed by atoms with Gasteiger partial charge in [0.15, 0.2) is 5.58 Å². The second kappa shape index (κ2) is 3.78. The molecule has 0 amide bonds. The lowest BCUT2D eigenvalue weighted by molar-refractivity contribution is -0.148. The minimum atomic E-state index is -1.71. The Balaban J connectivity index is 2.56. The van der Waals surface area contributed by atoms with Gasteiger partial charge in [-0.25, -0.2) is 9.78 Å². The average molecular weight is 319 g/mol. The molecule has 2 aromatic rings. The van der Waals surface area contributed by atoms with Gasteiger partial charge < -0.3 is 14.6 Å². The molecule has 0 saturated heterocycles. The lowest BCUT2D eigenvalue weighted by atomic mass is 10.3. The summed E-state index contributed by atoms with van der Waals surface area (Å²) >= 11 is 2.05. The Kier molecular flexibility index (Phi) is 2.61. The lowest BCUT2D eigenvalue weighted by Gasteiger charge is -1.97. The van der Waals surface area contributed by atoms with Crippen molar-refractivity contribution in [1.82, 2.24) is 4.98 Å². The van der Waals surface area contributed by atoms with Gasteiger partial charge in [0.2, 0.25) is 12.0 Å². The van der Waals surface area contributed by atoms with Crippen LogP contribution in [0.4, 0.5) is 0 Å². The zero-order valence-corrected chi connectivity index (χ0v) is 9.50. The molecule has 5 nitrogen and oxygen atoms in total. The van der Waals surface area contributed by atoms with E-state index in [1.807, 2.05) is 28.7 Å². The van der Waals surface area contributed by atoms with E-state index in [0.29, 0.717) is 11.1 Å². The molecule has 0 spiro atoms. The third kappa shape index (κ3) is 1.82. The van der Waals surface area contributed by atoms with Gasteiger partial charge in [0.1, 0.15) is 5.52 Å². The second-order valence-corrected chi connectivity index (χ2v) is 4.04. The third-order valence-corrected chi connectivity index (χ3v) is 2.70. The summed E-state index contributed by atoms with van der Waals surface area (Å²) in [5.41, 5.74) is 1.03. The Bertz CT molecular complexity index is 522. The molecule has 15 heavy (non-hydrogen) atoms. The number of aliphatic hydroxyl groups is 1. The number of rotatable bonds is 2. The molecule has 0 saturated carbocycles. The van der Waals surface area contributed by atoms with Gasteiger partial charge in [0.25, 0.3) is 0 Å². The van der Waals surface area contributed by atoms with Crippen LogP contribution in [0, 0.1) is 3.57 Å². The van der Waals surface area contributed by atoms with Crippen LogP contribution in [0.1, 0.15) is 12.0 Å². The van der Waals surface area contributed by atoms with Gasteiger partial charge in [-0.2, -0.15) is 0 Å². The van der Waals surface area contributed by atoms with Crippen LogP contribution < -0.4 is 0 Å². The predicted molar refractivity (Wildman–Crippen MR) is 59.3 cm³/mol. The maximum Gasteiger partial charge on any atom is 0.342 e. The quantitative estimate of drug-likeness (QED) is 0.821. The number of hydrogen-bond acceptors (Lipinski definition) is 4. The predicted octanol–water partition coefficient (Wildman–Crippen LogP) is 1.55. The number of carboxylic acids is 1. The Labute approximate surface area is 97.9 Å². The van der Waals surface area contributed by atoms with Crippen LogP contribution in [0.25, 0.3) is 11.1 Å². The van der Waals surface area contributed by atoms with Crippen LogP contribution in [0.2, 0.25) is 0 Å². The summed E-state index contributed by atoms with van der Waals surface area (Å²) in [6.45, 7) is 0. The summed E-state index contributed by atoms with van der Waals surface area (Å²) in [6.07, 6.45) is -1.71. The zero-order valence-electron chi connectivity index (χ0n) is 7.35. The zero-order chi connectivity index (χ0) is 11.0. The molecule has 2 N–H and O–H groups in total. The summed E-state index contributed by atoms with van der Waals surface area (Å²) in [5, 5.41) is 17.8. The van der Waals surface area contributed by atoms with Gasteiger partial charge in [-0.15, -0.1) is 0 Å². The first kappa shape index (κ1) is 10.4. The molecule has 1 unspecified atom stereocenters. The topological polar surface area (TPSA) is 83.6 Å². The van der Waals surface area contributed by atoms with Crippen molar-refractivity contribution in [1.29, 1.82) is 0 Å². The van der Waals surface area contributed by atoms with Gasteiger partial charge >= 0.3 is 5.97 Å². The molecule has 0 aliphatic heterocycles. The Hall–Kier alpha value is -1.15. The molecular formula is C9H6INO4. The van der Waals surface area contributed by atoms with E-state index in [-0.39, 0.29) is 5.89 Å². The van der Waals surface area contributed by atoms with E-state index in [1.54, 1.807) is 12.1 Å². The van der Waals surface area contributed by atoms with Gasteiger partial charge in [0, 0.05) is 0 Å². The number of fused-ring (bicyclic) bond motifs is 1. The summed E-state index contributed by atoms with van der Waals surface area (Å²) in [6, 6.07) is 5.29. The summed E-state index contributed by atoms with van der Waals surface area (Å²) in [7, 11) is 0. The van der Waals surface area contributed by atoms with Crippen molar-refractivity contribution in [2.45, 2.75) is 6.10 Å². The minimum Gasteiger partial charge on any atom is -0.479 e. The van der Waals surface area contributed by atoms with Crippen LogP contribution in [-0.4, -0.2) is 21.2 Å². The van der Waals surface area contributed by atoms with Crippen LogP contribution >= 0.6 is 22.6 Å².